The molecule has 4 nitrogen and oxygen atoms in total. The fourth-order valence-corrected chi connectivity index (χ4v) is 2.73. The number of aliphatic hydroxyl groups is 1. The summed E-state index contributed by atoms with van der Waals surface area (Å²) in [7, 11) is 1.40. The molecule has 1 aliphatic heterocycles. The highest BCUT2D eigenvalue weighted by molar-refractivity contribution is 5.79. The molecule has 1 saturated carbocycles. The van der Waals surface area contributed by atoms with E-state index in [-0.39, 0.29) is 5.97 Å². The molecular weight excluding hydrogens is 182 g/mol. The Labute approximate surface area is 83.6 Å². The lowest BCUT2D eigenvalue weighted by molar-refractivity contribution is -0.180. The van der Waals surface area contributed by atoms with E-state index in [9.17, 15) is 9.90 Å². The Hall–Kier alpha value is -0.610. The summed E-state index contributed by atoms with van der Waals surface area (Å²) in [5, 5.41) is 13.3. The van der Waals surface area contributed by atoms with Gasteiger partial charge >= 0.3 is 5.97 Å². The molecule has 0 aromatic rings. The van der Waals surface area contributed by atoms with Crippen LogP contribution in [0.2, 0.25) is 0 Å². The minimum absolute atomic E-state index is 0.237. The van der Waals surface area contributed by atoms with Gasteiger partial charge in [0, 0.05) is 13.1 Å². The van der Waals surface area contributed by atoms with Gasteiger partial charge in [0.05, 0.1) is 12.5 Å². The molecule has 0 aromatic heterocycles. The summed E-state index contributed by atoms with van der Waals surface area (Å²) in [6, 6.07) is 0. The van der Waals surface area contributed by atoms with Crippen LogP contribution < -0.4 is 5.32 Å². The maximum Gasteiger partial charge on any atom is 0.314 e. The van der Waals surface area contributed by atoms with Crippen LogP contribution in [0.4, 0.5) is 0 Å². The van der Waals surface area contributed by atoms with Gasteiger partial charge in [-0.3, -0.25) is 4.79 Å². The normalized spacial score (nSPS) is 28.1. The lowest BCUT2D eigenvalue weighted by atomic mass is 9.67. The van der Waals surface area contributed by atoms with Crippen molar-refractivity contribution in [3.8, 4) is 0 Å². The molecule has 1 saturated heterocycles. The third-order valence-corrected chi connectivity index (χ3v) is 3.76. The number of methoxy groups -OCH3 is 1. The fraction of sp³-hybridized carbons (Fsp3) is 0.900. The Morgan fingerprint density at radius 1 is 1.36 bits per heavy atom. The molecule has 1 aliphatic carbocycles. The molecule has 0 spiro atoms. The van der Waals surface area contributed by atoms with Gasteiger partial charge in [-0.25, -0.2) is 0 Å². The van der Waals surface area contributed by atoms with Gasteiger partial charge in [-0.15, -0.1) is 0 Å². The van der Waals surface area contributed by atoms with Crippen LogP contribution in [0.3, 0.4) is 0 Å². The summed E-state index contributed by atoms with van der Waals surface area (Å²) >= 11 is 0. The van der Waals surface area contributed by atoms with E-state index in [1.165, 1.54) is 7.11 Å². The van der Waals surface area contributed by atoms with Crippen molar-refractivity contribution >= 4 is 5.97 Å². The quantitative estimate of drug-likeness (QED) is 0.617. The van der Waals surface area contributed by atoms with Gasteiger partial charge in [0.1, 0.15) is 5.60 Å². The molecule has 80 valence electrons. The molecule has 0 radical (unpaired) electrons. The van der Waals surface area contributed by atoms with Crippen molar-refractivity contribution in [2.24, 2.45) is 5.41 Å². The summed E-state index contributed by atoms with van der Waals surface area (Å²) in [5.41, 5.74) is -1.50. The van der Waals surface area contributed by atoms with Gasteiger partial charge in [0.2, 0.25) is 0 Å². The number of carbonyl (C=O) groups is 1. The van der Waals surface area contributed by atoms with Gasteiger partial charge in [-0.05, 0) is 12.8 Å². The lowest BCUT2D eigenvalue weighted by Gasteiger charge is -2.49. The van der Waals surface area contributed by atoms with Gasteiger partial charge < -0.3 is 15.2 Å². The van der Waals surface area contributed by atoms with Crippen molar-refractivity contribution in [2.45, 2.75) is 31.3 Å². The van der Waals surface area contributed by atoms with E-state index in [0.29, 0.717) is 13.1 Å². The number of hydrogen-bond donors (Lipinski definition) is 2. The zero-order chi connectivity index (χ0) is 10.2. The van der Waals surface area contributed by atoms with Crippen LogP contribution in [-0.2, 0) is 9.53 Å². The number of hydrogen-bond acceptors (Lipinski definition) is 4. The summed E-state index contributed by atoms with van der Waals surface area (Å²) in [4.78, 5) is 11.8. The van der Waals surface area contributed by atoms with Crippen molar-refractivity contribution in [3.05, 3.63) is 0 Å². The first-order valence-corrected chi connectivity index (χ1v) is 5.16. The number of esters is 1. The zero-order valence-corrected chi connectivity index (χ0v) is 8.51. The molecule has 2 N–H and O–H groups in total. The van der Waals surface area contributed by atoms with Crippen LogP contribution in [0.15, 0.2) is 0 Å². The molecule has 4 heteroatoms. The average molecular weight is 199 g/mol. The van der Waals surface area contributed by atoms with Crippen molar-refractivity contribution in [1.82, 2.24) is 5.32 Å². The summed E-state index contributed by atoms with van der Waals surface area (Å²) in [6.07, 6.45) is 3.55. The first kappa shape index (κ1) is 9.93. The Balaban J connectivity index is 2.25. The number of β-amino-alcohol motifs (C(OH)–C–C–N with tert-alkyl or cyclic N) is 1. The highest BCUT2D eigenvalue weighted by atomic mass is 16.5. The van der Waals surface area contributed by atoms with E-state index in [4.69, 9.17) is 4.74 Å². The average Bonchev–Trinajstić information content (AvgIpc) is 2.63. The maximum absolute atomic E-state index is 11.8. The van der Waals surface area contributed by atoms with Crippen molar-refractivity contribution in [1.29, 1.82) is 0 Å². The van der Waals surface area contributed by atoms with E-state index in [2.05, 4.69) is 5.32 Å². The number of rotatable bonds is 2. The maximum atomic E-state index is 11.8. The second-order valence-electron chi connectivity index (χ2n) is 4.42. The molecular formula is C10H17NO3. The molecule has 2 rings (SSSR count). The third kappa shape index (κ3) is 1.10. The highest BCUT2D eigenvalue weighted by Crippen LogP contribution is 2.49. The van der Waals surface area contributed by atoms with Crippen LogP contribution >= 0.6 is 0 Å². The third-order valence-electron chi connectivity index (χ3n) is 3.76. The van der Waals surface area contributed by atoms with E-state index in [0.717, 1.165) is 25.7 Å². The topological polar surface area (TPSA) is 58.6 Å². The molecule has 0 aromatic carbocycles. The van der Waals surface area contributed by atoms with Gasteiger partial charge in [-0.2, -0.15) is 0 Å². The predicted molar refractivity (Wildman–Crippen MR) is 50.7 cm³/mol. The highest BCUT2D eigenvalue weighted by Gasteiger charge is 2.60. The summed E-state index contributed by atoms with van der Waals surface area (Å²) < 4.78 is 4.83. The predicted octanol–water partition coefficient (Wildman–Crippen LogP) is 0.0541. The van der Waals surface area contributed by atoms with Crippen molar-refractivity contribution < 1.29 is 14.6 Å². The van der Waals surface area contributed by atoms with Gasteiger partial charge in [0.15, 0.2) is 0 Å². The van der Waals surface area contributed by atoms with Gasteiger partial charge in [-0.1, -0.05) is 12.8 Å². The Kier molecular flexibility index (Phi) is 2.27. The van der Waals surface area contributed by atoms with Crippen LogP contribution in [-0.4, -0.2) is 36.9 Å². The van der Waals surface area contributed by atoms with Crippen LogP contribution in [0.5, 0.6) is 0 Å². The molecule has 14 heavy (non-hydrogen) atoms. The van der Waals surface area contributed by atoms with Crippen LogP contribution in [0, 0.1) is 5.41 Å². The van der Waals surface area contributed by atoms with E-state index < -0.39 is 11.0 Å². The van der Waals surface area contributed by atoms with Gasteiger partial charge in [0.25, 0.3) is 0 Å². The van der Waals surface area contributed by atoms with Crippen LogP contribution in [0.25, 0.3) is 0 Å². The standard InChI is InChI=1S/C10H17NO3/c1-14-8(12)9(4-2-3-5-9)10(13)6-11-7-10/h11,13H,2-7H2,1H3. The summed E-state index contributed by atoms with van der Waals surface area (Å²) in [6.45, 7) is 1.03. The summed E-state index contributed by atoms with van der Waals surface area (Å²) in [5.74, 6) is -0.237. The molecule has 2 fully saturated rings. The molecule has 2 aliphatic rings. The zero-order valence-electron chi connectivity index (χ0n) is 8.51. The number of nitrogens with one attached hydrogen (secondary N) is 1. The Bertz CT molecular complexity index is 242. The second kappa shape index (κ2) is 3.21. The molecule has 0 unspecified atom stereocenters. The SMILES string of the molecule is COC(=O)C1(C2(O)CNC2)CCCC1. The molecule has 1 heterocycles. The van der Waals surface area contributed by atoms with Crippen molar-refractivity contribution in [2.75, 3.05) is 20.2 Å². The fourth-order valence-electron chi connectivity index (χ4n) is 2.73. The Morgan fingerprint density at radius 3 is 2.29 bits per heavy atom. The number of carbonyl (C=O) groups excluding carboxylic acids is 1. The van der Waals surface area contributed by atoms with Crippen LogP contribution in [0.1, 0.15) is 25.7 Å². The monoisotopic (exact) mass is 199 g/mol. The smallest absolute Gasteiger partial charge is 0.314 e. The largest absolute Gasteiger partial charge is 0.469 e. The minimum Gasteiger partial charge on any atom is -0.469 e. The van der Waals surface area contributed by atoms with E-state index in [1.54, 1.807) is 0 Å². The molecule has 0 atom stereocenters. The molecule has 0 bridgehead atoms. The minimum atomic E-state index is -0.864. The second-order valence-corrected chi connectivity index (χ2v) is 4.42. The first-order chi connectivity index (χ1) is 6.65. The van der Waals surface area contributed by atoms with Crippen molar-refractivity contribution in [3.63, 3.8) is 0 Å². The molecule has 0 amide bonds. The lowest BCUT2D eigenvalue weighted by Crippen LogP contribution is -2.70. The number of ether oxygens (including phenoxy) is 1. The van der Waals surface area contributed by atoms with E-state index >= 15 is 0 Å². The first-order valence-electron chi connectivity index (χ1n) is 5.16. The Morgan fingerprint density at radius 2 is 1.93 bits per heavy atom. The van der Waals surface area contributed by atoms with E-state index in [1.807, 2.05) is 0 Å².